The van der Waals surface area contributed by atoms with Crippen LogP contribution in [-0.4, -0.2) is 25.1 Å². The van der Waals surface area contributed by atoms with Crippen molar-refractivity contribution in [2.45, 2.75) is 0 Å². The Balaban J connectivity index is 0.000000490. The van der Waals surface area contributed by atoms with Gasteiger partial charge in [0.25, 0.3) is 0 Å². The molecule has 0 atom stereocenters. The minimum absolute atomic E-state index is 0. The van der Waals surface area contributed by atoms with E-state index in [1.165, 1.54) is 18.8 Å². The van der Waals surface area contributed by atoms with Crippen LogP contribution in [0.2, 0.25) is 0 Å². The standard InChI is InChI=1S/C5H11NS.ClH/c1-7-4-5-2-6-3-5;/h5-6H,2-4H2,1H3;1H. The second-order valence-corrected chi connectivity index (χ2v) is 2.89. The molecule has 3 heteroatoms. The lowest BCUT2D eigenvalue weighted by Gasteiger charge is -2.25. The maximum atomic E-state index is 3.23. The van der Waals surface area contributed by atoms with Crippen LogP contribution >= 0.6 is 24.2 Å². The van der Waals surface area contributed by atoms with E-state index in [0.29, 0.717) is 0 Å². The van der Waals surface area contributed by atoms with E-state index in [9.17, 15) is 0 Å². The highest BCUT2D eigenvalue weighted by molar-refractivity contribution is 7.98. The molecule has 0 aliphatic carbocycles. The van der Waals surface area contributed by atoms with Gasteiger partial charge >= 0.3 is 0 Å². The Hall–Kier alpha value is 0.600. The van der Waals surface area contributed by atoms with Gasteiger partial charge in [-0.2, -0.15) is 11.8 Å². The van der Waals surface area contributed by atoms with Crippen LogP contribution in [0.4, 0.5) is 0 Å². The van der Waals surface area contributed by atoms with Crippen LogP contribution in [-0.2, 0) is 0 Å². The van der Waals surface area contributed by atoms with Crippen LogP contribution in [0, 0.1) is 5.92 Å². The fraction of sp³-hybridized carbons (Fsp3) is 1.00. The Morgan fingerprint density at radius 2 is 2.25 bits per heavy atom. The summed E-state index contributed by atoms with van der Waals surface area (Å²) in [5, 5.41) is 3.23. The third-order valence-electron chi connectivity index (χ3n) is 1.27. The van der Waals surface area contributed by atoms with Crippen molar-refractivity contribution in [3.8, 4) is 0 Å². The lowest BCUT2D eigenvalue weighted by Crippen LogP contribution is -2.43. The van der Waals surface area contributed by atoms with Gasteiger partial charge in [0, 0.05) is 0 Å². The second kappa shape index (κ2) is 4.48. The summed E-state index contributed by atoms with van der Waals surface area (Å²) in [6.07, 6.45) is 2.16. The van der Waals surface area contributed by atoms with Crippen molar-refractivity contribution >= 4 is 24.2 Å². The van der Waals surface area contributed by atoms with E-state index in [-0.39, 0.29) is 12.4 Å². The van der Waals surface area contributed by atoms with Gasteiger partial charge < -0.3 is 5.32 Å². The van der Waals surface area contributed by atoms with Crippen molar-refractivity contribution in [3.05, 3.63) is 0 Å². The first-order valence-electron chi connectivity index (χ1n) is 2.63. The van der Waals surface area contributed by atoms with E-state index in [1.807, 2.05) is 11.8 Å². The molecular weight excluding hydrogens is 142 g/mol. The molecule has 1 rings (SSSR count). The lowest BCUT2D eigenvalue weighted by molar-refractivity contribution is 0.385. The summed E-state index contributed by atoms with van der Waals surface area (Å²) in [5.41, 5.74) is 0. The maximum Gasteiger partial charge on any atom is -0.0000328 e. The summed E-state index contributed by atoms with van der Waals surface area (Å²) in [4.78, 5) is 0. The van der Waals surface area contributed by atoms with E-state index in [1.54, 1.807) is 0 Å². The monoisotopic (exact) mass is 153 g/mol. The third-order valence-corrected chi connectivity index (χ3v) is 2.07. The van der Waals surface area contributed by atoms with Crippen LogP contribution in [0.25, 0.3) is 0 Å². The van der Waals surface area contributed by atoms with Gasteiger partial charge in [0.05, 0.1) is 0 Å². The maximum absolute atomic E-state index is 3.23. The smallest absolute Gasteiger partial charge is 0.0000328 e. The first-order chi connectivity index (χ1) is 3.43. The van der Waals surface area contributed by atoms with E-state index in [2.05, 4.69) is 11.6 Å². The SMILES string of the molecule is CSCC1CNC1.Cl. The van der Waals surface area contributed by atoms with Gasteiger partial charge in [-0.3, -0.25) is 0 Å². The average Bonchev–Trinajstić information content (AvgIpc) is 1.55. The first kappa shape index (κ1) is 8.60. The quantitative estimate of drug-likeness (QED) is 0.635. The number of halogens is 1. The van der Waals surface area contributed by atoms with E-state index in [0.717, 1.165) is 5.92 Å². The van der Waals surface area contributed by atoms with Gasteiger partial charge in [-0.1, -0.05) is 0 Å². The minimum Gasteiger partial charge on any atom is -0.316 e. The first-order valence-corrected chi connectivity index (χ1v) is 4.02. The largest absolute Gasteiger partial charge is 0.316 e. The number of nitrogens with one attached hydrogen (secondary N) is 1. The van der Waals surface area contributed by atoms with Crippen molar-refractivity contribution in [2.24, 2.45) is 5.92 Å². The van der Waals surface area contributed by atoms with Gasteiger partial charge in [-0.25, -0.2) is 0 Å². The highest BCUT2D eigenvalue weighted by atomic mass is 35.5. The Morgan fingerprint density at radius 1 is 1.62 bits per heavy atom. The Kier molecular flexibility index (Phi) is 4.81. The molecule has 50 valence electrons. The summed E-state index contributed by atoms with van der Waals surface area (Å²) < 4.78 is 0. The van der Waals surface area contributed by atoms with Crippen molar-refractivity contribution in [1.29, 1.82) is 0 Å². The summed E-state index contributed by atoms with van der Waals surface area (Å²) in [5.74, 6) is 2.32. The molecule has 1 aliphatic rings. The molecule has 8 heavy (non-hydrogen) atoms. The second-order valence-electron chi connectivity index (χ2n) is 1.98. The molecule has 1 nitrogen and oxygen atoms in total. The zero-order chi connectivity index (χ0) is 5.11. The van der Waals surface area contributed by atoms with Crippen molar-refractivity contribution < 1.29 is 0 Å². The topological polar surface area (TPSA) is 12.0 Å². The summed E-state index contributed by atoms with van der Waals surface area (Å²) in [6.45, 7) is 2.50. The zero-order valence-corrected chi connectivity index (χ0v) is 6.65. The molecule has 0 aromatic heterocycles. The van der Waals surface area contributed by atoms with Gasteiger partial charge in [0.15, 0.2) is 0 Å². The molecule has 1 aliphatic heterocycles. The van der Waals surface area contributed by atoms with Crippen molar-refractivity contribution in [1.82, 2.24) is 5.32 Å². The summed E-state index contributed by atoms with van der Waals surface area (Å²) in [6, 6.07) is 0. The molecule has 1 heterocycles. The molecular formula is C5H12ClNS. The Bertz CT molecular complexity index is 56.4. The highest BCUT2D eigenvalue weighted by Crippen LogP contribution is 2.08. The van der Waals surface area contributed by atoms with Crippen molar-refractivity contribution in [3.63, 3.8) is 0 Å². The highest BCUT2D eigenvalue weighted by Gasteiger charge is 2.14. The number of thioether (sulfide) groups is 1. The van der Waals surface area contributed by atoms with Gasteiger partial charge in [0.1, 0.15) is 0 Å². The zero-order valence-electron chi connectivity index (χ0n) is 5.02. The molecule has 1 fully saturated rings. The molecule has 0 aromatic rings. The van der Waals surface area contributed by atoms with Crippen LogP contribution < -0.4 is 5.32 Å². The molecule has 0 radical (unpaired) electrons. The van der Waals surface area contributed by atoms with Crippen LogP contribution in [0.3, 0.4) is 0 Å². The van der Waals surface area contributed by atoms with Crippen LogP contribution in [0.5, 0.6) is 0 Å². The van der Waals surface area contributed by atoms with Crippen molar-refractivity contribution in [2.75, 3.05) is 25.1 Å². The van der Waals surface area contributed by atoms with Crippen LogP contribution in [0.1, 0.15) is 0 Å². The van der Waals surface area contributed by atoms with Gasteiger partial charge in [-0.05, 0) is 31.0 Å². The number of hydrogen-bond acceptors (Lipinski definition) is 2. The van der Waals surface area contributed by atoms with Gasteiger partial charge in [0.2, 0.25) is 0 Å². The molecule has 1 N–H and O–H groups in total. The lowest BCUT2D eigenvalue weighted by atomic mass is 10.1. The van der Waals surface area contributed by atoms with E-state index in [4.69, 9.17) is 0 Å². The molecule has 0 saturated carbocycles. The molecule has 0 amide bonds. The number of rotatable bonds is 2. The molecule has 0 bridgehead atoms. The summed E-state index contributed by atoms with van der Waals surface area (Å²) >= 11 is 1.95. The van der Waals surface area contributed by atoms with E-state index < -0.39 is 0 Å². The Morgan fingerprint density at radius 3 is 2.38 bits per heavy atom. The average molecular weight is 154 g/mol. The summed E-state index contributed by atoms with van der Waals surface area (Å²) in [7, 11) is 0. The fourth-order valence-electron chi connectivity index (χ4n) is 0.702. The fourth-order valence-corrected chi connectivity index (χ4v) is 1.41. The van der Waals surface area contributed by atoms with Gasteiger partial charge in [-0.15, -0.1) is 12.4 Å². The number of hydrogen-bond donors (Lipinski definition) is 1. The minimum atomic E-state index is 0. The third kappa shape index (κ3) is 2.25. The Labute approximate surface area is 61.0 Å². The molecule has 0 unspecified atom stereocenters. The van der Waals surface area contributed by atoms with Crippen LogP contribution in [0.15, 0.2) is 0 Å². The predicted octanol–water partition coefficient (Wildman–Crippen LogP) is 0.991. The normalized spacial score (nSPS) is 19.1. The predicted molar refractivity (Wildman–Crippen MR) is 42.0 cm³/mol. The molecule has 0 aromatic carbocycles. The van der Waals surface area contributed by atoms with E-state index >= 15 is 0 Å². The molecule has 1 saturated heterocycles. The molecule has 0 spiro atoms.